The van der Waals surface area contributed by atoms with Gasteiger partial charge in [-0.25, -0.2) is 9.67 Å². The van der Waals surface area contributed by atoms with Crippen molar-refractivity contribution in [1.82, 2.24) is 14.8 Å². The molecule has 1 aromatic carbocycles. The molecule has 0 atom stereocenters. The first-order chi connectivity index (χ1) is 9.49. The van der Waals surface area contributed by atoms with Crippen molar-refractivity contribution < 1.29 is 9.53 Å². The number of nitrogen functional groups attached to an aromatic ring is 1. The summed E-state index contributed by atoms with van der Waals surface area (Å²) in [5, 5.41) is 6.87. The zero-order valence-electron chi connectivity index (χ0n) is 11.7. The molecular weight excluding hydrogens is 258 g/mol. The van der Waals surface area contributed by atoms with Gasteiger partial charge in [-0.15, -0.1) is 0 Å². The smallest absolute Gasteiger partial charge is 0.246 e. The molecular formula is C13H17N5O2. The fraction of sp³-hybridized carbons (Fsp3) is 0.308. The van der Waals surface area contributed by atoms with Gasteiger partial charge in [0.2, 0.25) is 5.91 Å². The average Bonchev–Trinajstić information content (AvgIpc) is 2.70. The van der Waals surface area contributed by atoms with Gasteiger partial charge in [-0.2, -0.15) is 5.10 Å². The van der Waals surface area contributed by atoms with E-state index in [0.717, 1.165) is 0 Å². The summed E-state index contributed by atoms with van der Waals surface area (Å²) < 4.78 is 6.60. The van der Waals surface area contributed by atoms with Crippen molar-refractivity contribution in [2.24, 2.45) is 0 Å². The Hall–Kier alpha value is -2.57. The zero-order chi connectivity index (χ0) is 14.7. The van der Waals surface area contributed by atoms with Crippen molar-refractivity contribution in [3.8, 4) is 5.75 Å². The van der Waals surface area contributed by atoms with Gasteiger partial charge in [0.1, 0.15) is 23.9 Å². The molecule has 0 aliphatic rings. The second-order valence-corrected chi connectivity index (χ2v) is 4.37. The molecule has 1 amide bonds. The van der Waals surface area contributed by atoms with E-state index >= 15 is 0 Å². The lowest BCUT2D eigenvalue weighted by atomic mass is 10.2. The normalized spacial score (nSPS) is 10.3. The fourth-order valence-corrected chi connectivity index (χ4v) is 1.82. The number of nitrogens with one attached hydrogen (secondary N) is 1. The molecule has 0 aliphatic heterocycles. The molecule has 106 valence electrons. The molecule has 1 heterocycles. The van der Waals surface area contributed by atoms with Gasteiger partial charge in [0.05, 0.1) is 18.5 Å². The lowest BCUT2D eigenvalue weighted by Gasteiger charge is -2.10. The number of amides is 1. The Balaban J connectivity index is 2.06. The van der Waals surface area contributed by atoms with E-state index in [1.54, 1.807) is 43.8 Å². The number of aryl methyl sites for hydroxylation is 2. The molecule has 2 aromatic rings. The monoisotopic (exact) mass is 275 g/mol. The highest BCUT2D eigenvalue weighted by Crippen LogP contribution is 2.23. The average molecular weight is 275 g/mol. The summed E-state index contributed by atoms with van der Waals surface area (Å²) in [4.78, 5) is 16.1. The van der Waals surface area contributed by atoms with Gasteiger partial charge < -0.3 is 15.8 Å². The van der Waals surface area contributed by atoms with Crippen molar-refractivity contribution in [1.29, 1.82) is 0 Å². The number of benzene rings is 1. The number of ether oxygens (including phenoxy) is 1. The van der Waals surface area contributed by atoms with E-state index in [9.17, 15) is 4.79 Å². The molecule has 20 heavy (non-hydrogen) atoms. The number of anilines is 2. The Kier molecular flexibility index (Phi) is 3.88. The predicted molar refractivity (Wildman–Crippen MR) is 75.5 cm³/mol. The SMILES string of the molecule is COc1ccc(NC(=O)Cn2nc(C)nc2C)c(N)c1. The summed E-state index contributed by atoms with van der Waals surface area (Å²) in [7, 11) is 1.56. The molecule has 1 aromatic heterocycles. The number of hydrogen-bond donors (Lipinski definition) is 2. The minimum absolute atomic E-state index is 0.0954. The molecule has 0 saturated carbocycles. The van der Waals surface area contributed by atoms with E-state index in [0.29, 0.717) is 28.8 Å². The zero-order valence-corrected chi connectivity index (χ0v) is 11.7. The minimum Gasteiger partial charge on any atom is -0.497 e. The summed E-state index contributed by atoms with van der Waals surface area (Å²) in [5.74, 6) is 1.76. The van der Waals surface area contributed by atoms with Gasteiger partial charge >= 0.3 is 0 Å². The lowest BCUT2D eigenvalue weighted by molar-refractivity contribution is -0.116. The number of methoxy groups -OCH3 is 1. The van der Waals surface area contributed by atoms with Crippen LogP contribution in [0.15, 0.2) is 18.2 Å². The number of nitrogens with zero attached hydrogens (tertiary/aromatic N) is 3. The van der Waals surface area contributed by atoms with Gasteiger partial charge in [-0.3, -0.25) is 4.79 Å². The van der Waals surface area contributed by atoms with Crippen LogP contribution in [0.3, 0.4) is 0 Å². The highest BCUT2D eigenvalue weighted by atomic mass is 16.5. The summed E-state index contributed by atoms with van der Waals surface area (Å²) in [5.41, 5.74) is 6.84. The van der Waals surface area contributed by atoms with Crippen molar-refractivity contribution in [3.05, 3.63) is 29.8 Å². The summed E-state index contributed by atoms with van der Waals surface area (Å²) in [6.07, 6.45) is 0. The largest absolute Gasteiger partial charge is 0.497 e. The Bertz CT molecular complexity index is 636. The van der Waals surface area contributed by atoms with Crippen LogP contribution in [0.1, 0.15) is 11.6 Å². The predicted octanol–water partition coefficient (Wildman–Crippen LogP) is 1.12. The maximum absolute atomic E-state index is 12.0. The third-order valence-electron chi connectivity index (χ3n) is 2.79. The third kappa shape index (κ3) is 3.05. The fourth-order valence-electron chi connectivity index (χ4n) is 1.82. The van der Waals surface area contributed by atoms with Crippen molar-refractivity contribution in [2.75, 3.05) is 18.2 Å². The quantitative estimate of drug-likeness (QED) is 0.815. The third-order valence-corrected chi connectivity index (χ3v) is 2.79. The number of carbonyl (C=O) groups excluding carboxylic acids is 1. The van der Waals surface area contributed by atoms with Crippen molar-refractivity contribution in [2.45, 2.75) is 20.4 Å². The van der Waals surface area contributed by atoms with Crippen LogP contribution in [0.5, 0.6) is 5.75 Å². The highest BCUT2D eigenvalue weighted by molar-refractivity contribution is 5.93. The summed E-state index contributed by atoms with van der Waals surface area (Å²) in [6, 6.07) is 5.09. The van der Waals surface area contributed by atoms with Crippen LogP contribution in [0, 0.1) is 13.8 Å². The van der Waals surface area contributed by atoms with Gasteiger partial charge in [0.15, 0.2) is 0 Å². The number of hydrogen-bond acceptors (Lipinski definition) is 5. The molecule has 0 bridgehead atoms. The molecule has 0 radical (unpaired) electrons. The van der Waals surface area contributed by atoms with Crippen LogP contribution in [-0.2, 0) is 11.3 Å². The Labute approximate surface area is 116 Å². The maximum Gasteiger partial charge on any atom is 0.246 e. The Morgan fingerprint density at radius 2 is 2.20 bits per heavy atom. The molecule has 7 nitrogen and oxygen atoms in total. The second-order valence-electron chi connectivity index (χ2n) is 4.37. The summed E-state index contributed by atoms with van der Waals surface area (Å²) >= 11 is 0. The number of rotatable bonds is 4. The van der Waals surface area contributed by atoms with E-state index in [1.807, 2.05) is 0 Å². The van der Waals surface area contributed by atoms with Crippen molar-refractivity contribution >= 4 is 17.3 Å². The first-order valence-electron chi connectivity index (χ1n) is 6.11. The van der Waals surface area contributed by atoms with Crippen LogP contribution in [0.25, 0.3) is 0 Å². The first kappa shape index (κ1) is 13.9. The Morgan fingerprint density at radius 1 is 1.45 bits per heavy atom. The van der Waals surface area contributed by atoms with Crippen LogP contribution in [0.2, 0.25) is 0 Å². The first-order valence-corrected chi connectivity index (χ1v) is 6.11. The van der Waals surface area contributed by atoms with Crippen LogP contribution >= 0.6 is 0 Å². The van der Waals surface area contributed by atoms with E-state index in [2.05, 4.69) is 15.4 Å². The molecule has 0 unspecified atom stereocenters. The van der Waals surface area contributed by atoms with Gasteiger partial charge in [0, 0.05) is 6.07 Å². The standard InChI is InChI=1S/C13H17N5O2/c1-8-15-9(2)18(17-8)7-13(19)16-12-5-4-10(20-3)6-11(12)14/h4-6H,7,14H2,1-3H3,(H,16,19). The van der Waals surface area contributed by atoms with Crippen LogP contribution in [0.4, 0.5) is 11.4 Å². The van der Waals surface area contributed by atoms with Crippen LogP contribution < -0.4 is 15.8 Å². The van der Waals surface area contributed by atoms with E-state index in [4.69, 9.17) is 10.5 Å². The molecule has 0 spiro atoms. The number of nitrogens with two attached hydrogens (primary N) is 1. The lowest BCUT2D eigenvalue weighted by Crippen LogP contribution is -2.21. The van der Waals surface area contributed by atoms with Gasteiger partial charge in [-0.05, 0) is 26.0 Å². The molecule has 0 aliphatic carbocycles. The molecule has 3 N–H and O–H groups in total. The van der Waals surface area contributed by atoms with Gasteiger partial charge in [0.25, 0.3) is 0 Å². The molecule has 2 rings (SSSR count). The van der Waals surface area contributed by atoms with Crippen LogP contribution in [-0.4, -0.2) is 27.8 Å². The topological polar surface area (TPSA) is 95.1 Å². The second kappa shape index (κ2) is 5.60. The van der Waals surface area contributed by atoms with Crippen molar-refractivity contribution in [3.63, 3.8) is 0 Å². The molecule has 0 fully saturated rings. The molecule has 7 heteroatoms. The van der Waals surface area contributed by atoms with Gasteiger partial charge in [-0.1, -0.05) is 0 Å². The maximum atomic E-state index is 12.0. The van der Waals surface area contributed by atoms with E-state index in [-0.39, 0.29) is 12.5 Å². The Morgan fingerprint density at radius 3 is 2.75 bits per heavy atom. The summed E-state index contributed by atoms with van der Waals surface area (Å²) in [6.45, 7) is 3.68. The van der Waals surface area contributed by atoms with E-state index < -0.39 is 0 Å². The number of aromatic nitrogens is 3. The molecule has 0 saturated heterocycles. The minimum atomic E-state index is -0.213. The highest BCUT2D eigenvalue weighted by Gasteiger charge is 2.10. The number of carbonyl (C=O) groups is 1. The van der Waals surface area contributed by atoms with E-state index in [1.165, 1.54) is 0 Å².